The summed E-state index contributed by atoms with van der Waals surface area (Å²) >= 11 is 1.35. The van der Waals surface area contributed by atoms with Crippen LogP contribution in [0.4, 0.5) is 0 Å². The summed E-state index contributed by atoms with van der Waals surface area (Å²) in [6.45, 7) is 0.266. The Labute approximate surface area is 104 Å². The second-order valence-corrected chi connectivity index (χ2v) is 4.52. The average Bonchev–Trinajstić information content (AvgIpc) is 2.97. The predicted molar refractivity (Wildman–Crippen MR) is 64.8 cm³/mol. The highest BCUT2D eigenvalue weighted by Crippen LogP contribution is 2.13. The smallest absolute Gasteiger partial charge is 0.268 e. The summed E-state index contributed by atoms with van der Waals surface area (Å²) < 4.78 is 2.05. The van der Waals surface area contributed by atoms with Crippen molar-refractivity contribution in [3.05, 3.63) is 39.5 Å². The zero-order valence-corrected chi connectivity index (χ0v) is 9.85. The second-order valence-electron chi connectivity index (χ2n) is 3.61. The van der Waals surface area contributed by atoms with Gasteiger partial charge in [0, 0.05) is 0 Å². The largest absolute Gasteiger partial charge is 0.308 e. The van der Waals surface area contributed by atoms with Gasteiger partial charge >= 0.3 is 0 Å². The van der Waals surface area contributed by atoms with Crippen LogP contribution in [-0.2, 0) is 6.54 Å². The molecule has 3 aromatic heterocycles. The van der Waals surface area contributed by atoms with Crippen LogP contribution in [0.5, 0.6) is 0 Å². The van der Waals surface area contributed by atoms with E-state index in [1.807, 2.05) is 5.38 Å². The number of aromatic nitrogens is 5. The first-order valence-electron chi connectivity index (χ1n) is 5.08. The molecule has 3 aromatic rings. The lowest BCUT2D eigenvalue weighted by atomic mass is 10.4. The number of aromatic amines is 1. The maximum atomic E-state index is 11.7. The number of rotatable bonds is 3. The molecule has 3 heterocycles. The molecule has 18 heavy (non-hydrogen) atoms. The van der Waals surface area contributed by atoms with Crippen molar-refractivity contribution in [2.24, 2.45) is 0 Å². The molecule has 0 saturated heterocycles. The zero-order valence-electron chi connectivity index (χ0n) is 9.03. The summed E-state index contributed by atoms with van der Waals surface area (Å²) in [6.07, 6.45) is 2.10. The van der Waals surface area contributed by atoms with Gasteiger partial charge in [0.1, 0.15) is 22.8 Å². The van der Waals surface area contributed by atoms with E-state index in [0.717, 1.165) is 0 Å². The first-order valence-corrected chi connectivity index (χ1v) is 5.96. The zero-order chi connectivity index (χ0) is 12.5. The molecule has 3 rings (SSSR count). The Kier molecular flexibility index (Phi) is 2.49. The van der Waals surface area contributed by atoms with Crippen LogP contribution < -0.4 is 5.56 Å². The van der Waals surface area contributed by atoms with Gasteiger partial charge in [-0.1, -0.05) is 5.21 Å². The topological polar surface area (TPSA) is 93.5 Å². The first kappa shape index (κ1) is 10.8. The summed E-state index contributed by atoms with van der Waals surface area (Å²) in [5.74, 6) is 0.480. The van der Waals surface area contributed by atoms with Gasteiger partial charge in [-0.05, 0) is 11.4 Å². The second kappa shape index (κ2) is 4.15. The number of H-pyrrole nitrogens is 1. The van der Waals surface area contributed by atoms with E-state index in [1.165, 1.54) is 22.2 Å². The van der Waals surface area contributed by atoms with Crippen molar-refractivity contribution in [3.8, 4) is 0 Å². The van der Waals surface area contributed by atoms with Crippen molar-refractivity contribution in [3.63, 3.8) is 0 Å². The number of carbonyl (C=O) groups excluding carboxylic acids is 1. The highest BCUT2D eigenvalue weighted by Gasteiger charge is 2.06. The van der Waals surface area contributed by atoms with Crippen molar-refractivity contribution in [2.45, 2.75) is 6.54 Å². The standard InChI is InChI=1S/C10H7N5O2S/c16-5-6-3-15(14-13-6)4-8-11-7-1-2-18-9(7)10(17)12-8/h1-3,5H,4H2,(H,11,12,17). The number of carbonyl (C=O) groups is 1. The van der Waals surface area contributed by atoms with E-state index in [-0.39, 0.29) is 17.8 Å². The third-order valence-corrected chi connectivity index (χ3v) is 3.26. The van der Waals surface area contributed by atoms with E-state index in [9.17, 15) is 9.59 Å². The Morgan fingerprint density at radius 1 is 1.50 bits per heavy atom. The molecule has 0 fully saturated rings. The predicted octanol–water partition coefficient (Wildman–Crippen LogP) is 0.437. The van der Waals surface area contributed by atoms with Crippen LogP contribution in [0.15, 0.2) is 22.4 Å². The van der Waals surface area contributed by atoms with Crippen LogP contribution in [0.1, 0.15) is 16.3 Å². The van der Waals surface area contributed by atoms with Gasteiger partial charge in [0.05, 0.1) is 11.7 Å². The molecule has 1 N–H and O–H groups in total. The minimum atomic E-state index is -0.166. The Hall–Kier alpha value is -2.35. The maximum Gasteiger partial charge on any atom is 0.268 e. The van der Waals surface area contributed by atoms with E-state index in [4.69, 9.17) is 0 Å². The van der Waals surface area contributed by atoms with Crippen LogP contribution in [0, 0.1) is 0 Å². The molecule has 0 radical (unpaired) electrons. The van der Waals surface area contributed by atoms with Gasteiger partial charge in [0.15, 0.2) is 6.29 Å². The molecule has 0 aliphatic carbocycles. The van der Waals surface area contributed by atoms with Gasteiger partial charge in [-0.2, -0.15) is 0 Å². The number of nitrogens with one attached hydrogen (secondary N) is 1. The number of hydrogen-bond acceptors (Lipinski definition) is 6. The van der Waals surface area contributed by atoms with Crippen LogP contribution in [0.25, 0.3) is 10.2 Å². The van der Waals surface area contributed by atoms with Crippen molar-refractivity contribution in [1.82, 2.24) is 25.0 Å². The van der Waals surface area contributed by atoms with Crippen LogP contribution in [0.3, 0.4) is 0 Å². The Morgan fingerprint density at radius 3 is 3.17 bits per heavy atom. The highest BCUT2D eigenvalue weighted by atomic mass is 32.1. The molecule has 0 bridgehead atoms. The van der Waals surface area contributed by atoms with Crippen molar-refractivity contribution in [2.75, 3.05) is 0 Å². The summed E-state index contributed by atoms with van der Waals surface area (Å²) in [7, 11) is 0. The SMILES string of the molecule is O=Cc1cn(Cc2nc3ccsc3c(=O)[nH]2)nn1. The number of hydrogen-bond donors (Lipinski definition) is 1. The number of thiophene rings is 1. The summed E-state index contributed by atoms with van der Waals surface area (Å²) in [5, 5.41) is 9.20. The number of aldehydes is 1. The monoisotopic (exact) mass is 261 g/mol. The van der Waals surface area contributed by atoms with Gasteiger partial charge in [-0.25, -0.2) is 9.67 Å². The van der Waals surface area contributed by atoms with E-state index in [1.54, 1.807) is 6.07 Å². The molecule has 0 aliphatic heterocycles. The molecule has 0 atom stereocenters. The fraction of sp³-hybridized carbons (Fsp3) is 0.100. The normalized spacial score (nSPS) is 10.9. The number of fused-ring (bicyclic) bond motifs is 1. The molecule has 8 heteroatoms. The van der Waals surface area contributed by atoms with E-state index in [2.05, 4.69) is 20.3 Å². The molecular formula is C10H7N5O2S. The average molecular weight is 261 g/mol. The molecular weight excluding hydrogens is 254 g/mol. The summed E-state index contributed by atoms with van der Waals surface area (Å²) in [6, 6.07) is 1.79. The minimum absolute atomic E-state index is 0.166. The van der Waals surface area contributed by atoms with E-state index in [0.29, 0.717) is 22.3 Å². The van der Waals surface area contributed by atoms with Crippen LogP contribution in [0.2, 0.25) is 0 Å². The molecule has 0 spiro atoms. The van der Waals surface area contributed by atoms with Gasteiger partial charge in [-0.15, -0.1) is 16.4 Å². The molecule has 0 saturated carbocycles. The number of nitrogens with zero attached hydrogens (tertiary/aromatic N) is 4. The Morgan fingerprint density at radius 2 is 2.39 bits per heavy atom. The fourth-order valence-corrected chi connectivity index (χ4v) is 2.32. The maximum absolute atomic E-state index is 11.7. The van der Waals surface area contributed by atoms with Gasteiger partial charge in [-0.3, -0.25) is 9.59 Å². The lowest BCUT2D eigenvalue weighted by Gasteiger charge is -1.99. The minimum Gasteiger partial charge on any atom is -0.308 e. The molecule has 0 aromatic carbocycles. The summed E-state index contributed by atoms with van der Waals surface area (Å²) in [4.78, 5) is 29.2. The molecule has 0 aliphatic rings. The fourth-order valence-electron chi connectivity index (χ4n) is 1.59. The van der Waals surface area contributed by atoms with Crippen LogP contribution >= 0.6 is 11.3 Å². The molecule has 0 amide bonds. The molecule has 0 unspecified atom stereocenters. The van der Waals surface area contributed by atoms with E-state index >= 15 is 0 Å². The quantitative estimate of drug-likeness (QED) is 0.690. The third kappa shape index (κ3) is 1.82. The Balaban J connectivity index is 1.99. The van der Waals surface area contributed by atoms with Gasteiger partial charge in [0.25, 0.3) is 5.56 Å². The first-order chi connectivity index (χ1) is 8.76. The van der Waals surface area contributed by atoms with Crippen molar-refractivity contribution < 1.29 is 4.79 Å². The van der Waals surface area contributed by atoms with Gasteiger partial charge < -0.3 is 4.98 Å². The third-order valence-electron chi connectivity index (χ3n) is 2.35. The molecule has 7 nitrogen and oxygen atoms in total. The lowest BCUT2D eigenvalue weighted by Crippen LogP contribution is -2.13. The lowest BCUT2D eigenvalue weighted by molar-refractivity contribution is 0.111. The van der Waals surface area contributed by atoms with E-state index < -0.39 is 0 Å². The Bertz CT molecular complexity index is 772. The van der Waals surface area contributed by atoms with Crippen LogP contribution in [-0.4, -0.2) is 31.2 Å². The van der Waals surface area contributed by atoms with Crippen molar-refractivity contribution >= 4 is 27.8 Å². The highest BCUT2D eigenvalue weighted by molar-refractivity contribution is 7.17. The molecule has 90 valence electrons. The van der Waals surface area contributed by atoms with Gasteiger partial charge in [0.2, 0.25) is 0 Å². The van der Waals surface area contributed by atoms with Crippen molar-refractivity contribution in [1.29, 1.82) is 0 Å². The summed E-state index contributed by atoms with van der Waals surface area (Å²) in [5.41, 5.74) is 0.740.